The third-order valence-corrected chi connectivity index (χ3v) is 2.52. The lowest BCUT2D eigenvalue weighted by Gasteiger charge is -2.20. The van der Waals surface area contributed by atoms with E-state index in [2.05, 4.69) is 0 Å². The van der Waals surface area contributed by atoms with Crippen molar-refractivity contribution in [3.63, 3.8) is 0 Å². The van der Waals surface area contributed by atoms with Gasteiger partial charge in [-0.15, -0.1) is 0 Å². The van der Waals surface area contributed by atoms with E-state index in [9.17, 15) is 9.59 Å². The van der Waals surface area contributed by atoms with Crippen molar-refractivity contribution in [3.8, 4) is 0 Å². The molecular formula is C11H20O3. The number of hydrogen-bond donors (Lipinski definition) is 0. The van der Waals surface area contributed by atoms with Crippen LogP contribution in [0.2, 0.25) is 0 Å². The van der Waals surface area contributed by atoms with E-state index >= 15 is 0 Å². The van der Waals surface area contributed by atoms with Crippen LogP contribution in [0.4, 0.5) is 0 Å². The molecule has 0 atom stereocenters. The summed E-state index contributed by atoms with van der Waals surface area (Å²) in [6, 6.07) is 0. The van der Waals surface area contributed by atoms with Crippen molar-refractivity contribution in [2.45, 2.75) is 47.0 Å². The predicted molar refractivity (Wildman–Crippen MR) is 54.9 cm³/mol. The molecule has 0 N–H and O–H groups in total. The predicted octanol–water partition coefficient (Wildman–Crippen LogP) is 2.33. The van der Waals surface area contributed by atoms with Crippen molar-refractivity contribution < 1.29 is 14.3 Å². The van der Waals surface area contributed by atoms with E-state index in [4.69, 9.17) is 4.74 Å². The molecule has 82 valence electrons. The number of carbonyl (C=O) groups is 2. The van der Waals surface area contributed by atoms with E-state index in [0.717, 1.165) is 6.42 Å². The number of ketones is 1. The fraction of sp³-hybridized carbons (Fsp3) is 0.818. The summed E-state index contributed by atoms with van der Waals surface area (Å²) in [5.74, 6) is -0.0870. The molecule has 14 heavy (non-hydrogen) atoms. The fourth-order valence-electron chi connectivity index (χ4n) is 0.895. The molecule has 0 aromatic heterocycles. The van der Waals surface area contributed by atoms with Gasteiger partial charge in [0.1, 0.15) is 5.78 Å². The lowest BCUT2D eigenvalue weighted by molar-refractivity contribution is -0.144. The van der Waals surface area contributed by atoms with Gasteiger partial charge in [0.2, 0.25) is 0 Å². The molecule has 0 aliphatic carbocycles. The Labute approximate surface area is 85.8 Å². The summed E-state index contributed by atoms with van der Waals surface area (Å²) < 4.78 is 4.84. The monoisotopic (exact) mass is 200 g/mol. The molecule has 0 aromatic carbocycles. The van der Waals surface area contributed by atoms with Crippen LogP contribution in [-0.2, 0) is 14.3 Å². The summed E-state index contributed by atoms with van der Waals surface area (Å²) in [6.45, 7) is 7.76. The molecule has 0 rings (SSSR count). The summed E-state index contributed by atoms with van der Waals surface area (Å²) in [5, 5.41) is 0. The smallest absolute Gasteiger partial charge is 0.305 e. The van der Waals surface area contributed by atoms with Gasteiger partial charge in [-0.2, -0.15) is 0 Å². The molecule has 0 saturated carbocycles. The van der Waals surface area contributed by atoms with Crippen molar-refractivity contribution in [2.75, 3.05) is 6.61 Å². The Hall–Kier alpha value is -0.860. The van der Waals surface area contributed by atoms with Crippen LogP contribution in [0.5, 0.6) is 0 Å². The molecule has 0 amide bonds. The Morgan fingerprint density at radius 2 is 1.79 bits per heavy atom. The van der Waals surface area contributed by atoms with Crippen LogP contribution < -0.4 is 0 Å². The second-order valence-electron chi connectivity index (χ2n) is 3.98. The number of carbonyl (C=O) groups excluding carboxylic acids is 2. The highest BCUT2D eigenvalue weighted by atomic mass is 16.5. The molecule has 0 aromatic rings. The van der Waals surface area contributed by atoms with Crippen molar-refractivity contribution in [1.82, 2.24) is 0 Å². The first-order valence-electron chi connectivity index (χ1n) is 5.13. The lowest BCUT2D eigenvalue weighted by Crippen LogP contribution is -2.24. The average molecular weight is 200 g/mol. The molecule has 0 radical (unpaired) electrons. The first-order valence-corrected chi connectivity index (χ1v) is 5.13. The van der Waals surface area contributed by atoms with Crippen molar-refractivity contribution in [2.24, 2.45) is 5.41 Å². The highest BCUT2D eigenvalue weighted by molar-refractivity contribution is 5.84. The fourth-order valence-corrected chi connectivity index (χ4v) is 0.895. The Morgan fingerprint density at radius 1 is 1.21 bits per heavy atom. The zero-order valence-electron chi connectivity index (χ0n) is 9.55. The Morgan fingerprint density at radius 3 is 2.21 bits per heavy atom. The molecule has 0 aliphatic rings. The van der Waals surface area contributed by atoms with Crippen LogP contribution in [0, 0.1) is 5.41 Å². The second kappa shape index (κ2) is 5.78. The van der Waals surface area contributed by atoms with E-state index in [1.807, 2.05) is 20.8 Å². The maximum atomic E-state index is 11.6. The van der Waals surface area contributed by atoms with Gasteiger partial charge in [0.25, 0.3) is 0 Å². The Bertz CT molecular complexity index is 207. The van der Waals surface area contributed by atoms with E-state index in [-0.39, 0.29) is 23.8 Å². The quantitative estimate of drug-likeness (QED) is 0.618. The SMILES string of the molecule is CCC(=O)OCCC(=O)C(C)(C)CC. The van der Waals surface area contributed by atoms with Crippen LogP contribution >= 0.6 is 0 Å². The summed E-state index contributed by atoms with van der Waals surface area (Å²) in [6.07, 6.45) is 1.51. The van der Waals surface area contributed by atoms with Crippen molar-refractivity contribution >= 4 is 11.8 Å². The van der Waals surface area contributed by atoms with Crippen LogP contribution in [0.1, 0.15) is 47.0 Å². The number of Topliss-reactive ketones (excluding diaryl/α,β-unsaturated/α-hetero) is 1. The molecule has 3 nitrogen and oxygen atoms in total. The van der Waals surface area contributed by atoms with Gasteiger partial charge in [-0.1, -0.05) is 27.7 Å². The summed E-state index contributed by atoms with van der Waals surface area (Å²) in [5.41, 5.74) is -0.293. The molecule has 0 saturated heterocycles. The van der Waals surface area contributed by atoms with Gasteiger partial charge >= 0.3 is 5.97 Å². The highest BCUT2D eigenvalue weighted by Crippen LogP contribution is 2.22. The van der Waals surface area contributed by atoms with Gasteiger partial charge in [0, 0.05) is 18.3 Å². The zero-order valence-corrected chi connectivity index (χ0v) is 9.55. The third-order valence-electron chi connectivity index (χ3n) is 2.52. The van der Waals surface area contributed by atoms with E-state index in [0.29, 0.717) is 12.8 Å². The van der Waals surface area contributed by atoms with Gasteiger partial charge in [-0.05, 0) is 6.42 Å². The summed E-state index contributed by atoms with van der Waals surface area (Å²) in [4.78, 5) is 22.4. The van der Waals surface area contributed by atoms with Gasteiger partial charge in [0.15, 0.2) is 0 Å². The van der Waals surface area contributed by atoms with Gasteiger partial charge in [-0.25, -0.2) is 0 Å². The van der Waals surface area contributed by atoms with E-state index < -0.39 is 0 Å². The number of hydrogen-bond acceptors (Lipinski definition) is 3. The minimum Gasteiger partial charge on any atom is -0.465 e. The molecule has 0 fully saturated rings. The van der Waals surface area contributed by atoms with Crippen LogP contribution in [0.25, 0.3) is 0 Å². The summed E-state index contributed by atoms with van der Waals surface area (Å²) in [7, 11) is 0. The highest BCUT2D eigenvalue weighted by Gasteiger charge is 2.24. The standard InChI is InChI=1S/C11H20O3/c1-5-10(13)14-8-7-9(12)11(3,4)6-2/h5-8H2,1-4H3. The first-order chi connectivity index (χ1) is 6.44. The van der Waals surface area contributed by atoms with E-state index in [1.54, 1.807) is 6.92 Å². The van der Waals surface area contributed by atoms with Crippen molar-refractivity contribution in [1.29, 1.82) is 0 Å². The zero-order chi connectivity index (χ0) is 11.2. The molecule has 0 bridgehead atoms. The number of rotatable bonds is 6. The number of ether oxygens (including phenoxy) is 1. The maximum absolute atomic E-state index is 11.6. The Kier molecular flexibility index (Phi) is 5.43. The third kappa shape index (κ3) is 4.40. The summed E-state index contributed by atoms with van der Waals surface area (Å²) >= 11 is 0. The molecule has 0 heterocycles. The normalized spacial score (nSPS) is 11.1. The molecule has 0 unspecified atom stereocenters. The second-order valence-corrected chi connectivity index (χ2v) is 3.98. The minimum absolute atomic E-state index is 0.156. The van der Waals surface area contributed by atoms with E-state index in [1.165, 1.54) is 0 Å². The molecule has 3 heteroatoms. The molecule has 0 spiro atoms. The van der Waals surface area contributed by atoms with Gasteiger partial charge < -0.3 is 4.74 Å². The topological polar surface area (TPSA) is 43.4 Å². The number of esters is 1. The van der Waals surface area contributed by atoms with Gasteiger partial charge in [0.05, 0.1) is 6.61 Å². The average Bonchev–Trinajstić information content (AvgIpc) is 2.17. The minimum atomic E-state index is -0.293. The van der Waals surface area contributed by atoms with Crippen molar-refractivity contribution in [3.05, 3.63) is 0 Å². The Balaban J connectivity index is 3.80. The van der Waals surface area contributed by atoms with Gasteiger partial charge in [-0.3, -0.25) is 9.59 Å². The van der Waals surface area contributed by atoms with Crippen LogP contribution in [0.3, 0.4) is 0 Å². The van der Waals surface area contributed by atoms with Crippen LogP contribution in [0.15, 0.2) is 0 Å². The van der Waals surface area contributed by atoms with Crippen LogP contribution in [-0.4, -0.2) is 18.4 Å². The largest absolute Gasteiger partial charge is 0.465 e. The lowest BCUT2D eigenvalue weighted by atomic mass is 9.84. The molecule has 0 aliphatic heterocycles. The maximum Gasteiger partial charge on any atom is 0.305 e. The molecular weight excluding hydrogens is 180 g/mol. The first kappa shape index (κ1) is 13.1.